The Morgan fingerprint density at radius 1 is 0.800 bits per heavy atom. The summed E-state index contributed by atoms with van der Waals surface area (Å²) >= 11 is 39.5. The van der Waals surface area contributed by atoms with Crippen molar-refractivity contribution in [2.75, 3.05) is 0 Å². The second-order valence-corrected chi connectivity index (χ2v) is 36.8. The Balaban J connectivity index is -0.00000243. The van der Waals surface area contributed by atoms with Crippen LogP contribution >= 0.6 is 66.5 Å². The molecule has 30 heavy (non-hydrogen) atoms. The van der Waals surface area contributed by atoms with Crippen LogP contribution in [0, 0.1) is 6.08 Å². The number of hydrogen-bond acceptors (Lipinski definition) is 0. The van der Waals surface area contributed by atoms with Crippen LogP contribution in [-0.2, 0) is 26.2 Å². The first-order chi connectivity index (χ1) is 12.1. The first-order valence-corrected chi connectivity index (χ1v) is 26.0. The molecule has 2 atom stereocenters. The van der Waals surface area contributed by atoms with Gasteiger partial charge in [-0.1, -0.05) is 65.7 Å². The average Bonchev–Trinajstić information content (AvgIpc) is 2.98. The number of halogens is 8. The van der Waals surface area contributed by atoms with Crippen LogP contribution in [0.15, 0.2) is 16.5 Å². The van der Waals surface area contributed by atoms with E-state index in [2.05, 4.69) is 52.2 Å². The summed E-state index contributed by atoms with van der Waals surface area (Å²) < 4.78 is 0. The molecule has 1 rings (SSSR count). The van der Waals surface area contributed by atoms with Gasteiger partial charge in [0.15, 0.2) is 0 Å². The normalized spacial score (nSPS) is 17.1. The van der Waals surface area contributed by atoms with Gasteiger partial charge in [-0.05, 0) is 18.4 Å². The molecular weight excluding hydrogens is 691 g/mol. The Labute approximate surface area is 247 Å². The Morgan fingerprint density at radius 2 is 1.17 bits per heavy atom. The van der Waals surface area contributed by atoms with Gasteiger partial charge in [0.2, 0.25) is 0 Å². The molecule has 0 amide bonds. The fraction of sp³-hybridized carbons (Fsp3) is 0.765. The van der Waals surface area contributed by atoms with E-state index in [0.29, 0.717) is 0 Å². The molecule has 1 aliphatic rings. The second-order valence-electron chi connectivity index (χ2n) is 8.58. The number of hydrogen-bond donors (Lipinski definition) is 0. The standard InChI is InChI=1S/C17H31Cl6Si4.2ClH.Zr/c1-7-10-16(26(18,19)20)24(3,4)14-12-9-13-15(14)25(5,6)17(11-8-2)27(21,22)23;;;/h12,16-17H,7-11H2,1-6H3;2*1H;/q-1;;;+3/p-2. The van der Waals surface area contributed by atoms with Crippen molar-refractivity contribution in [1.29, 1.82) is 0 Å². The number of rotatable bonds is 10. The van der Waals surface area contributed by atoms with Crippen molar-refractivity contribution in [3.63, 3.8) is 0 Å². The molecule has 0 saturated carbocycles. The largest absolute Gasteiger partial charge is 3.00 e. The maximum absolute atomic E-state index is 6.59. The maximum Gasteiger partial charge on any atom is 3.00 e. The fourth-order valence-electron chi connectivity index (χ4n) is 4.42. The number of allylic oxidation sites excluding steroid dienone is 4. The van der Waals surface area contributed by atoms with Crippen LogP contribution in [0.4, 0.5) is 0 Å². The molecule has 175 valence electrons. The van der Waals surface area contributed by atoms with Crippen molar-refractivity contribution in [1.82, 2.24) is 0 Å². The van der Waals surface area contributed by atoms with Crippen LogP contribution in [0.5, 0.6) is 0 Å². The zero-order chi connectivity index (χ0) is 21.3. The van der Waals surface area contributed by atoms with Crippen molar-refractivity contribution < 1.29 is 51.0 Å². The van der Waals surface area contributed by atoms with Crippen LogP contribution in [0.3, 0.4) is 0 Å². The molecule has 2 unspecified atom stereocenters. The molecule has 0 spiro atoms. The maximum atomic E-state index is 6.59. The van der Waals surface area contributed by atoms with Gasteiger partial charge in [0.05, 0.1) is 0 Å². The quantitative estimate of drug-likeness (QED) is 0.185. The van der Waals surface area contributed by atoms with Crippen LogP contribution < -0.4 is 24.8 Å². The van der Waals surface area contributed by atoms with Gasteiger partial charge in [0, 0.05) is 8.07 Å². The molecule has 1 radical (unpaired) electrons. The summed E-state index contributed by atoms with van der Waals surface area (Å²) in [6.45, 7) is 13.7. The molecule has 0 fully saturated rings. The van der Waals surface area contributed by atoms with E-state index in [-0.39, 0.29) is 61.3 Å². The molecule has 0 saturated heterocycles. The zero-order valence-corrected chi connectivity index (χ0v) is 30.8. The summed E-state index contributed by atoms with van der Waals surface area (Å²) in [5.74, 6) is 0. The van der Waals surface area contributed by atoms with Crippen molar-refractivity contribution in [2.45, 2.75) is 82.5 Å². The summed E-state index contributed by atoms with van der Waals surface area (Å²) in [7, 11) is -4.04. The van der Waals surface area contributed by atoms with Crippen molar-refractivity contribution in [3.05, 3.63) is 22.5 Å². The van der Waals surface area contributed by atoms with Crippen LogP contribution in [0.2, 0.25) is 36.5 Å². The van der Waals surface area contributed by atoms with Crippen LogP contribution in [-0.4, -0.2) is 28.2 Å². The third kappa shape index (κ3) is 9.54. The zero-order valence-electron chi connectivity index (χ0n) is 18.3. The van der Waals surface area contributed by atoms with Gasteiger partial charge in [-0.15, -0.1) is 72.9 Å². The Morgan fingerprint density at radius 3 is 1.50 bits per heavy atom. The smallest absolute Gasteiger partial charge is 1.00 e. The van der Waals surface area contributed by atoms with Gasteiger partial charge in [-0.25, -0.2) is 10.4 Å². The Hall–Kier alpha value is 3.55. The van der Waals surface area contributed by atoms with Gasteiger partial charge in [0.25, 0.3) is 0 Å². The van der Waals surface area contributed by atoms with Crippen LogP contribution in [0.25, 0.3) is 0 Å². The van der Waals surface area contributed by atoms with E-state index in [9.17, 15) is 0 Å². The van der Waals surface area contributed by atoms with Crippen molar-refractivity contribution >= 4 is 94.6 Å². The van der Waals surface area contributed by atoms with E-state index < -0.39 is 28.2 Å². The summed E-state index contributed by atoms with van der Waals surface area (Å²) in [4.78, 5) is 0. The third-order valence-electron chi connectivity index (χ3n) is 5.88. The minimum absolute atomic E-state index is 0. The fourth-order valence-corrected chi connectivity index (χ4v) is 37.2. The summed E-state index contributed by atoms with van der Waals surface area (Å²) in [6, 6.07) is -5.68. The summed E-state index contributed by atoms with van der Waals surface area (Å²) in [6.07, 6.45) is 10.8. The van der Waals surface area contributed by atoms with E-state index in [1.807, 2.05) is 0 Å². The summed E-state index contributed by atoms with van der Waals surface area (Å²) in [5.41, 5.74) is 0. The predicted molar refractivity (Wildman–Crippen MR) is 138 cm³/mol. The molecule has 13 heteroatoms. The minimum Gasteiger partial charge on any atom is -1.00 e. The molecule has 0 nitrogen and oxygen atoms in total. The van der Waals surface area contributed by atoms with Crippen molar-refractivity contribution in [3.8, 4) is 0 Å². The molecule has 0 aromatic heterocycles. The molecule has 0 aliphatic heterocycles. The van der Waals surface area contributed by atoms with E-state index in [0.717, 1.165) is 32.1 Å². The van der Waals surface area contributed by atoms with Crippen molar-refractivity contribution in [2.24, 2.45) is 0 Å². The van der Waals surface area contributed by atoms with Gasteiger partial charge in [-0.2, -0.15) is 6.08 Å². The molecule has 0 bridgehead atoms. The molecule has 0 aromatic carbocycles. The SMILES string of the molecule is CCCC([Si](Cl)(Cl)Cl)[Si](C)(C)C1=[C-]CC=C1[Si](C)(C)C(CCC)[Si](Cl)(Cl)Cl.[Cl-].[Cl-].[Zr+3]. The first kappa shape index (κ1) is 38.1. The molecule has 1 aliphatic carbocycles. The van der Waals surface area contributed by atoms with Gasteiger partial charge >= 0.3 is 38.2 Å². The Kier molecular flexibility index (Phi) is 19.0. The first-order valence-electron chi connectivity index (χ1n) is 9.57. The van der Waals surface area contributed by atoms with Gasteiger partial charge in [-0.3, -0.25) is 6.08 Å². The molecular formula is C17H31Cl8Si4Zr. The molecule has 0 aromatic rings. The Bertz CT molecular complexity index is 535. The van der Waals surface area contributed by atoms with E-state index in [4.69, 9.17) is 66.5 Å². The third-order valence-corrected chi connectivity index (χ3v) is 30.9. The van der Waals surface area contributed by atoms with E-state index >= 15 is 0 Å². The van der Waals surface area contributed by atoms with Gasteiger partial charge in [0.1, 0.15) is 0 Å². The predicted octanol–water partition coefficient (Wildman–Crippen LogP) is 3.28. The average molecular weight is 723 g/mol. The molecule has 0 N–H and O–H groups in total. The van der Waals surface area contributed by atoms with Gasteiger partial charge < -0.3 is 24.8 Å². The molecule has 0 heterocycles. The van der Waals surface area contributed by atoms with Crippen LogP contribution in [0.1, 0.15) is 46.0 Å². The second kappa shape index (κ2) is 15.0. The minimum atomic E-state index is -2.84. The monoisotopic (exact) mass is 717 g/mol. The summed E-state index contributed by atoms with van der Waals surface area (Å²) in [5, 5.41) is 3.12. The topological polar surface area (TPSA) is 0 Å². The van der Waals surface area contributed by atoms with E-state index in [1.165, 1.54) is 10.4 Å². The van der Waals surface area contributed by atoms with E-state index in [1.54, 1.807) is 0 Å².